The molecule has 0 aliphatic carbocycles. The van der Waals surface area contributed by atoms with E-state index in [4.69, 9.17) is 0 Å². The minimum atomic E-state index is -0.102. The summed E-state index contributed by atoms with van der Waals surface area (Å²) in [5.74, 6) is 0. The first-order valence-corrected chi connectivity index (χ1v) is 4.68. The van der Waals surface area contributed by atoms with Crippen LogP contribution in [0.15, 0.2) is 16.9 Å². The van der Waals surface area contributed by atoms with Crippen LogP contribution in [0.2, 0.25) is 0 Å². The maximum Gasteiger partial charge on any atom is 0.326 e. The predicted octanol–water partition coefficient (Wildman–Crippen LogP) is 2.17. The number of nitrogens with one attached hydrogen (secondary N) is 1. The molecule has 14 heavy (non-hydrogen) atoms. The van der Waals surface area contributed by atoms with Gasteiger partial charge in [-0.15, -0.1) is 0 Å². The van der Waals surface area contributed by atoms with Gasteiger partial charge in [0.25, 0.3) is 0 Å². The number of aromatic nitrogens is 2. The van der Waals surface area contributed by atoms with Gasteiger partial charge in [0.15, 0.2) is 0 Å². The van der Waals surface area contributed by atoms with Gasteiger partial charge in [0.05, 0.1) is 11.4 Å². The van der Waals surface area contributed by atoms with Crippen molar-refractivity contribution in [1.82, 2.24) is 9.55 Å². The highest BCUT2D eigenvalue weighted by Gasteiger charge is 2.05. The number of nitrogens with zero attached hydrogens (tertiary/aromatic N) is 1. The number of H-pyrrole nitrogens is 1. The Kier molecular flexibility index (Phi) is 3.12. The topological polar surface area (TPSA) is 37.8 Å². The maximum atomic E-state index is 11.3. The lowest BCUT2D eigenvalue weighted by Gasteiger charge is -1.99. The van der Waals surface area contributed by atoms with E-state index in [2.05, 4.69) is 18.5 Å². The smallest absolute Gasteiger partial charge is 0.306 e. The molecule has 1 aromatic heterocycles. The maximum absolute atomic E-state index is 11.3. The number of imidazole rings is 1. The Bertz CT molecular complexity index is 421. The van der Waals surface area contributed by atoms with Crippen molar-refractivity contribution < 1.29 is 0 Å². The largest absolute Gasteiger partial charge is 0.326 e. The molecule has 76 valence electrons. The molecule has 0 saturated carbocycles. The van der Waals surface area contributed by atoms with E-state index >= 15 is 0 Å². The Labute approximate surface area is 83.8 Å². The minimum Gasteiger partial charge on any atom is -0.306 e. The van der Waals surface area contributed by atoms with E-state index in [-0.39, 0.29) is 5.69 Å². The molecule has 0 radical (unpaired) electrons. The highest BCUT2D eigenvalue weighted by molar-refractivity contribution is 5.60. The second-order valence-electron chi connectivity index (χ2n) is 3.34. The third kappa shape index (κ3) is 1.87. The summed E-state index contributed by atoms with van der Waals surface area (Å²) >= 11 is 0. The number of aromatic amines is 1. The predicted molar refractivity (Wildman–Crippen MR) is 60.1 cm³/mol. The van der Waals surface area contributed by atoms with Crippen molar-refractivity contribution in [2.75, 3.05) is 0 Å². The summed E-state index contributed by atoms with van der Waals surface area (Å²) in [7, 11) is 1.75. The highest BCUT2D eigenvalue weighted by Crippen LogP contribution is 2.11. The van der Waals surface area contributed by atoms with Gasteiger partial charge in [0.1, 0.15) is 0 Å². The van der Waals surface area contributed by atoms with Gasteiger partial charge in [0, 0.05) is 7.05 Å². The number of hydrogen-bond acceptors (Lipinski definition) is 1. The molecule has 3 nitrogen and oxygen atoms in total. The standard InChI is InChI=1S/C11H16N2O/c1-5-8(3)7-10-9(6-2)12-11(14)13(10)4/h6-7H,2,5H2,1,3-4H3,(H,12,14)/b8-7+. The van der Waals surface area contributed by atoms with Gasteiger partial charge in [-0.25, -0.2) is 4.79 Å². The number of rotatable bonds is 3. The molecule has 0 aliphatic rings. The SMILES string of the molecule is C=Cc1[nH]c(=O)n(C)c1/C=C(\C)CC. The summed E-state index contributed by atoms with van der Waals surface area (Å²) in [4.78, 5) is 14.1. The van der Waals surface area contributed by atoms with Crippen molar-refractivity contribution in [2.45, 2.75) is 20.3 Å². The molecule has 1 rings (SSSR count). The number of allylic oxidation sites excluding steroid dienone is 1. The molecule has 0 aliphatic heterocycles. The van der Waals surface area contributed by atoms with E-state index in [0.29, 0.717) is 0 Å². The Morgan fingerprint density at radius 3 is 2.79 bits per heavy atom. The van der Waals surface area contributed by atoms with Gasteiger partial charge in [-0.1, -0.05) is 19.1 Å². The van der Waals surface area contributed by atoms with Crippen LogP contribution in [-0.4, -0.2) is 9.55 Å². The lowest BCUT2D eigenvalue weighted by molar-refractivity contribution is 0.851. The lowest BCUT2D eigenvalue weighted by Crippen LogP contribution is -2.13. The fourth-order valence-corrected chi connectivity index (χ4v) is 1.22. The fraction of sp³-hybridized carbons (Fsp3) is 0.364. The lowest BCUT2D eigenvalue weighted by atomic mass is 10.2. The third-order valence-corrected chi connectivity index (χ3v) is 2.33. The fourth-order valence-electron chi connectivity index (χ4n) is 1.22. The van der Waals surface area contributed by atoms with Crippen molar-refractivity contribution in [2.24, 2.45) is 7.05 Å². The van der Waals surface area contributed by atoms with Gasteiger partial charge in [0.2, 0.25) is 0 Å². The molecule has 0 bridgehead atoms. The minimum absolute atomic E-state index is 0.102. The Morgan fingerprint density at radius 2 is 2.29 bits per heavy atom. The summed E-state index contributed by atoms with van der Waals surface area (Å²) < 4.78 is 1.59. The molecule has 0 saturated heterocycles. The Morgan fingerprint density at radius 1 is 1.64 bits per heavy atom. The van der Waals surface area contributed by atoms with E-state index in [1.165, 1.54) is 5.57 Å². The summed E-state index contributed by atoms with van der Waals surface area (Å²) in [5.41, 5.74) is 2.81. The van der Waals surface area contributed by atoms with Gasteiger partial charge < -0.3 is 4.98 Å². The monoisotopic (exact) mass is 192 g/mol. The molecule has 0 aromatic carbocycles. The van der Waals surface area contributed by atoms with Crippen LogP contribution in [0.3, 0.4) is 0 Å². The first-order chi connectivity index (χ1) is 6.60. The first kappa shape index (κ1) is 10.6. The van der Waals surface area contributed by atoms with Crippen molar-refractivity contribution >= 4 is 12.2 Å². The molecule has 0 amide bonds. The van der Waals surface area contributed by atoms with Crippen molar-refractivity contribution in [3.8, 4) is 0 Å². The van der Waals surface area contributed by atoms with Crippen LogP contribution in [0.25, 0.3) is 12.2 Å². The molecule has 3 heteroatoms. The molecular weight excluding hydrogens is 176 g/mol. The van der Waals surface area contributed by atoms with Crippen LogP contribution in [0, 0.1) is 0 Å². The van der Waals surface area contributed by atoms with Crippen LogP contribution in [0.1, 0.15) is 31.7 Å². The van der Waals surface area contributed by atoms with Gasteiger partial charge in [-0.2, -0.15) is 0 Å². The van der Waals surface area contributed by atoms with Crippen LogP contribution >= 0.6 is 0 Å². The van der Waals surface area contributed by atoms with E-state index in [1.54, 1.807) is 17.7 Å². The van der Waals surface area contributed by atoms with Gasteiger partial charge in [-0.3, -0.25) is 4.57 Å². The van der Waals surface area contributed by atoms with Crippen molar-refractivity contribution in [3.05, 3.63) is 34.0 Å². The molecule has 0 spiro atoms. The quantitative estimate of drug-likeness (QED) is 0.783. The molecule has 0 atom stereocenters. The van der Waals surface area contributed by atoms with Gasteiger partial charge >= 0.3 is 5.69 Å². The van der Waals surface area contributed by atoms with Crippen LogP contribution in [-0.2, 0) is 7.05 Å². The summed E-state index contributed by atoms with van der Waals surface area (Å²) in [6.07, 6.45) is 4.65. The zero-order valence-electron chi connectivity index (χ0n) is 8.92. The van der Waals surface area contributed by atoms with E-state index < -0.39 is 0 Å². The Hall–Kier alpha value is -1.51. The zero-order valence-corrected chi connectivity index (χ0v) is 8.92. The number of hydrogen-bond donors (Lipinski definition) is 1. The van der Waals surface area contributed by atoms with Gasteiger partial charge in [-0.05, 0) is 25.5 Å². The first-order valence-electron chi connectivity index (χ1n) is 4.68. The van der Waals surface area contributed by atoms with E-state index in [9.17, 15) is 4.79 Å². The summed E-state index contributed by atoms with van der Waals surface area (Å²) in [5, 5.41) is 0. The zero-order chi connectivity index (χ0) is 10.7. The Balaban J connectivity index is 3.32. The normalized spacial score (nSPS) is 11.8. The second kappa shape index (κ2) is 4.13. The molecule has 1 N–H and O–H groups in total. The van der Waals surface area contributed by atoms with Crippen LogP contribution in [0.4, 0.5) is 0 Å². The molecular formula is C11H16N2O. The van der Waals surface area contributed by atoms with Crippen molar-refractivity contribution in [3.63, 3.8) is 0 Å². The third-order valence-electron chi connectivity index (χ3n) is 2.33. The van der Waals surface area contributed by atoms with Crippen molar-refractivity contribution in [1.29, 1.82) is 0 Å². The molecule has 1 heterocycles. The summed E-state index contributed by atoms with van der Waals surface area (Å²) in [6.45, 7) is 7.80. The van der Waals surface area contributed by atoms with Crippen LogP contribution in [0.5, 0.6) is 0 Å². The van der Waals surface area contributed by atoms with E-state index in [1.807, 2.05) is 13.0 Å². The molecule has 1 aromatic rings. The second-order valence-corrected chi connectivity index (χ2v) is 3.34. The molecule has 0 unspecified atom stereocenters. The van der Waals surface area contributed by atoms with Crippen LogP contribution < -0.4 is 5.69 Å². The highest BCUT2D eigenvalue weighted by atomic mass is 16.1. The summed E-state index contributed by atoms with van der Waals surface area (Å²) in [6, 6.07) is 0. The van der Waals surface area contributed by atoms with E-state index in [0.717, 1.165) is 17.8 Å². The molecule has 0 fully saturated rings. The average molecular weight is 192 g/mol. The average Bonchev–Trinajstić information content (AvgIpc) is 2.45.